The summed E-state index contributed by atoms with van der Waals surface area (Å²) in [4.78, 5) is 24.9. The van der Waals surface area contributed by atoms with Crippen molar-refractivity contribution in [3.63, 3.8) is 0 Å². The zero-order chi connectivity index (χ0) is 18.5. The monoisotopic (exact) mass is 350 g/mol. The summed E-state index contributed by atoms with van der Waals surface area (Å²) in [5, 5.41) is 0. The molecule has 0 aliphatic carbocycles. The molecule has 0 aliphatic heterocycles. The summed E-state index contributed by atoms with van der Waals surface area (Å²) >= 11 is 0. The summed E-state index contributed by atoms with van der Waals surface area (Å²) in [6, 6.07) is 0. The van der Waals surface area contributed by atoms with Gasteiger partial charge >= 0.3 is 5.69 Å². The van der Waals surface area contributed by atoms with E-state index in [9.17, 15) is 9.59 Å². The van der Waals surface area contributed by atoms with Crippen LogP contribution in [0.2, 0.25) is 0 Å². The summed E-state index contributed by atoms with van der Waals surface area (Å²) in [7, 11) is 0. The highest BCUT2D eigenvalue weighted by Gasteiger charge is 2.08. The van der Waals surface area contributed by atoms with Crippen molar-refractivity contribution in [1.82, 2.24) is 9.13 Å². The molecule has 1 rings (SSSR count). The van der Waals surface area contributed by atoms with Crippen LogP contribution in [0.15, 0.2) is 15.8 Å². The van der Waals surface area contributed by atoms with E-state index >= 15 is 0 Å². The van der Waals surface area contributed by atoms with E-state index < -0.39 is 0 Å². The highest BCUT2D eigenvalue weighted by molar-refractivity contribution is 5.02. The zero-order valence-corrected chi connectivity index (χ0v) is 16.7. The first kappa shape index (κ1) is 21.7. The lowest BCUT2D eigenvalue weighted by atomic mass is 10.1. The lowest BCUT2D eigenvalue weighted by Gasteiger charge is -2.12. The second-order valence-corrected chi connectivity index (χ2v) is 7.28. The molecule has 1 heterocycles. The molecule has 0 spiro atoms. The van der Waals surface area contributed by atoms with E-state index in [2.05, 4.69) is 13.8 Å². The Morgan fingerprint density at radius 1 is 0.720 bits per heavy atom. The highest BCUT2D eigenvalue weighted by atomic mass is 16.2. The molecule has 0 aliphatic rings. The van der Waals surface area contributed by atoms with E-state index in [1.807, 2.05) is 6.92 Å². The molecule has 4 nitrogen and oxygen atoms in total. The smallest absolute Gasteiger partial charge is 0.300 e. The van der Waals surface area contributed by atoms with Crippen LogP contribution < -0.4 is 11.2 Å². The third-order valence-corrected chi connectivity index (χ3v) is 4.90. The Kier molecular flexibility index (Phi) is 11.3. The van der Waals surface area contributed by atoms with Crippen LogP contribution in [0, 0.1) is 6.92 Å². The molecule has 0 saturated heterocycles. The van der Waals surface area contributed by atoms with Crippen molar-refractivity contribution in [2.24, 2.45) is 0 Å². The molecule has 0 radical (unpaired) electrons. The predicted octanol–water partition coefficient (Wildman–Crippen LogP) is 5.04. The van der Waals surface area contributed by atoms with E-state index in [1.54, 1.807) is 10.8 Å². The van der Waals surface area contributed by atoms with Crippen molar-refractivity contribution in [2.45, 2.75) is 111 Å². The van der Waals surface area contributed by atoms with Gasteiger partial charge in [-0.1, -0.05) is 78.1 Å². The average molecular weight is 351 g/mol. The molecule has 1 aromatic rings. The summed E-state index contributed by atoms with van der Waals surface area (Å²) in [5.41, 5.74) is 0.437. The van der Waals surface area contributed by atoms with Crippen molar-refractivity contribution in [3.8, 4) is 0 Å². The molecule has 0 unspecified atom stereocenters. The molecule has 1 aromatic heterocycles. The maximum Gasteiger partial charge on any atom is 0.330 e. The van der Waals surface area contributed by atoms with Gasteiger partial charge in [0, 0.05) is 24.8 Å². The minimum Gasteiger partial charge on any atom is -0.300 e. The summed E-state index contributed by atoms with van der Waals surface area (Å²) in [6.45, 7) is 7.52. The van der Waals surface area contributed by atoms with Crippen molar-refractivity contribution in [3.05, 3.63) is 32.6 Å². The van der Waals surface area contributed by atoms with E-state index in [4.69, 9.17) is 0 Å². The summed E-state index contributed by atoms with van der Waals surface area (Å²) < 4.78 is 3.19. The van der Waals surface area contributed by atoms with E-state index in [0.29, 0.717) is 12.1 Å². The SMILES string of the molecule is CCCCCCCCn1cc(C)c(=O)n(CCCCCCCC)c1=O. The van der Waals surface area contributed by atoms with E-state index in [0.717, 1.165) is 32.2 Å². The number of aromatic nitrogens is 2. The minimum absolute atomic E-state index is 0.113. The van der Waals surface area contributed by atoms with Crippen LogP contribution in [0.1, 0.15) is 96.5 Å². The van der Waals surface area contributed by atoms with Crippen molar-refractivity contribution in [1.29, 1.82) is 0 Å². The quantitative estimate of drug-likeness (QED) is 0.441. The molecule has 0 bridgehead atoms. The van der Waals surface area contributed by atoms with Gasteiger partial charge in [0.25, 0.3) is 5.56 Å². The third-order valence-electron chi connectivity index (χ3n) is 4.90. The zero-order valence-electron chi connectivity index (χ0n) is 16.7. The molecular formula is C21H38N2O2. The number of nitrogens with zero attached hydrogens (tertiary/aromatic N) is 2. The van der Waals surface area contributed by atoms with Crippen LogP contribution in [-0.4, -0.2) is 9.13 Å². The molecule has 4 heteroatoms. The van der Waals surface area contributed by atoms with Crippen molar-refractivity contribution >= 4 is 0 Å². The van der Waals surface area contributed by atoms with Crippen LogP contribution in [0.5, 0.6) is 0 Å². The third kappa shape index (κ3) is 8.06. The van der Waals surface area contributed by atoms with Crippen LogP contribution in [0.3, 0.4) is 0 Å². The molecular weight excluding hydrogens is 312 g/mol. The molecule has 0 N–H and O–H groups in total. The lowest BCUT2D eigenvalue weighted by molar-refractivity contribution is 0.486. The second-order valence-electron chi connectivity index (χ2n) is 7.28. The number of hydrogen-bond donors (Lipinski definition) is 0. The van der Waals surface area contributed by atoms with Crippen LogP contribution in [0.4, 0.5) is 0 Å². The maximum absolute atomic E-state index is 12.6. The molecule has 144 valence electrons. The summed E-state index contributed by atoms with van der Waals surface area (Å²) in [5.74, 6) is 0. The molecule has 0 amide bonds. The van der Waals surface area contributed by atoms with Gasteiger partial charge in [0.05, 0.1) is 0 Å². The second kappa shape index (κ2) is 13.0. The minimum atomic E-state index is -0.127. The molecule has 0 atom stereocenters. The normalized spacial score (nSPS) is 11.2. The Morgan fingerprint density at radius 3 is 1.76 bits per heavy atom. The Balaban J connectivity index is 2.55. The standard InChI is InChI=1S/C21H38N2O2/c1-4-6-8-10-12-14-16-22-18-19(3)20(24)23(21(22)25)17-15-13-11-9-7-5-2/h18H,4-17H2,1-3H3. The van der Waals surface area contributed by atoms with Gasteiger partial charge in [-0.3, -0.25) is 9.36 Å². The van der Waals surface area contributed by atoms with Gasteiger partial charge in [-0.15, -0.1) is 0 Å². The van der Waals surface area contributed by atoms with Crippen LogP contribution in [-0.2, 0) is 13.1 Å². The molecule has 0 saturated carbocycles. The van der Waals surface area contributed by atoms with Gasteiger partial charge in [-0.25, -0.2) is 4.79 Å². The van der Waals surface area contributed by atoms with Gasteiger partial charge in [0.1, 0.15) is 0 Å². The fourth-order valence-corrected chi connectivity index (χ4v) is 3.27. The topological polar surface area (TPSA) is 44.0 Å². The first-order valence-electron chi connectivity index (χ1n) is 10.4. The van der Waals surface area contributed by atoms with Gasteiger partial charge in [-0.2, -0.15) is 0 Å². The average Bonchev–Trinajstić information content (AvgIpc) is 2.60. The first-order valence-corrected chi connectivity index (χ1v) is 10.4. The maximum atomic E-state index is 12.6. The van der Waals surface area contributed by atoms with Gasteiger partial charge in [0.15, 0.2) is 0 Å². The van der Waals surface area contributed by atoms with Gasteiger partial charge in [0.2, 0.25) is 0 Å². The summed E-state index contributed by atoms with van der Waals surface area (Å²) in [6.07, 6.45) is 15.9. The highest BCUT2D eigenvalue weighted by Crippen LogP contribution is 2.07. The molecule has 0 aromatic carbocycles. The van der Waals surface area contributed by atoms with Gasteiger partial charge in [-0.05, 0) is 19.8 Å². The van der Waals surface area contributed by atoms with Gasteiger partial charge < -0.3 is 4.57 Å². The van der Waals surface area contributed by atoms with Crippen LogP contribution >= 0.6 is 0 Å². The van der Waals surface area contributed by atoms with E-state index in [1.165, 1.54) is 55.9 Å². The number of unbranched alkanes of at least 4 members (excludes halogenated alkanes) is 10. The fourth-order valence-electron chi connectivity index (χ4n) is 3.27. The Morgan fingerprint density at radius 2 is 1.20 bits per heavy atom. The lowest BCUT2D eigenvalue weighted by Crippen LogP contribution is -2.40. The fraction of sp³-hybridized carbons (Fsp3) is 0.810. The molecule has 25 heavy (non-hydrogen) atoms. The van der Waals surface area contributed by atoms with Crippen molar-refractivity contribution in [2.75, 3.05) is 0 Å². The van der Waals surface area contributed by atoms with E-state index in [-0.39, 0.29) is 11.2 Å². The number of aryl methyl sites for hydroxylation is 2. The largest absolute Gasteiger partial charge is 0.330 e. The predicted molar refractivity (Wildman–Crippen MR) is 106 cm³/mol. The Hall–Kier alpha value is -1.32. The van der Waals surface area contributed by atoms with Crippen molar-refractivity contribution < 1.29 is 0 Å². The first-order chi connectivity index (χ1) is 12.1. The molecule has 0 fully saturated rings. The Labute approximate surface area is 153 Å². The van der Waals surface area contributed by atoms with Crippen LogP contribution in [0.25, 0.3) is 0 Å². The number of hydrogen-bond acceptors (Lipinski definition) is 2. The number of rotatable bonds is 14. The Bertz CT molecular complexity index is 587.